The molecule has 2 heterocycles. The molecule has 3 N–H and O–H groups in total. The van der Waals surface area contributed by atoms with Crippen LogP contribution in [0.4, 0.5) is 5.82 Å². The van der Waals surface area contributed by atoms with Crippen molar-refractivity contribution in [1.29, 1.82) is 0 Å². The second kappa shape index (κ2) is 21.6. The lowest BCUT2D eigenvalue weighted by Gasteiger charge is -2.46. The lowest BCUT2D eigenvalue weighted by Crippen LogP contribution is -2.27. The molecule has 0 amide bonds. The number of nitrogens with two attached hydrogens (primary N) is 1. The molecule has 0 fully saturated rings. The van der Waals surface area contributed by atoms with Gasteiger partial charge in [0, 0.05) is 12.2 Å². The molecule has 46 heavy (non-hydrogen) atoms. The molecule has 0 aromatic carbocycles. The smallest absolute Gasteiger partial charge is 0.353 e. The largest absolute Gasteiger partial charge is 0.382 e. The molecule has 0 saturated heterocycles. The number of imidazole rings is 1. The fraction of sp³-hybridized carbons (Fsp3) is 0.794. The molecule has 0 aliphatic carbocycles. The molecule has 264 valence electrons. The maximum absolute atomic E-state index is 12.4. The zero-order chi connectivity index (χ0) is 34.0. The molecule has 12 heteroatoms. The summed E-state index contributed by atoms with van der Waals surface area (Å²) in [5, 5.41) is 5.78. The van der Waals surface area contributed by atoms with Gasteiger partial charge in [0.05, 0.1) is 25.6 Å². The van der Waals surface area contributed by atoms with Crippen molar-refractivity contribution in [3.05, 3.63) is 12.7 Å². The summed E-state index contributed by atoms with van der Waals surface area (Å²) in [5.41, 5.74) is 6.95. The van der Waals surface area contributed by atoms with Crippen LogP contribution in [0.1, 0.15) is 119 Å². The minimum absolute atomic E-state index is 0.237. The van der Waals surface area contributed by atoms with E-state index >= 15 is 0 Å². The summed E-state index contributed by atoms with van der Waals surface area (Å²) in [4.78, 5) is 22.5. The van der Waals surface area contributed by atoms with Crippen LogP contribution in [0.3, 0.4) is 0 Å². The summed E-state index contributed by atoms with van der Waals surface area (Å²) >= 11 is 1.77. The van der Waals surface area contributed by atoms with Gasteiger partial charge in [0.15, 0.2) is 11.5 Å². The van der Waals surface area contributed by atoms with Crippen LogP contribution in [-0.4, -0.2) is 70.7 Å². The standard InChI is InChI=1S/C34H62N5O4PS2/c1-28(2)46(29(3)4,30(5)6)23-19-17-15-13-11-9-8-10-12-14-16-18-21-45-22-20-43-44(40,41)27-42-31(7)24-39-26-38-32-33(35)36-25-37-34(32)39/h25-26,28-31H,8-18,20-22,24,27H2,1-7H3,(H,40,41)(H2,35,36,37)/t31-/m1/s1. The number of thioether (sulfide) groups is 1. The van der Waals surface area contributed by atoms with Gasteiger partial charge in [-0.15, -0.1) is 0 Å². The molecule has 0 spiro atoms. The van der Waals surface area contributed by atoms with E-state index in [1.54, 1.807) is 22.7 Å². The van der Waals surface area contributed by atoms with E-state index in [0.717, 1.165) is 12.2 Å². The Morgan fingerprint density at radius 1 is 0.891 bits per heavy atom. The second-order valence-electron chi connectivity index (χ2n) is 13.0. The molecule has 0 aliphatic heterocycles. The van der Waals surface area contributed by atoms with Gasteiger partial charge in [0.1, 0.15) is 18.2 Å². The molecule has 9 nitrogen and oxygen atoms in total. The van der Waals surface area contributed by atoms with Crippen molar-refractivity contribution < 1.29 is 18.7 Å². The number of nitrogens with zero attached hydrogens (tertiary/aromatic N) is 4. The zero-order valence-electron chi connectivity index (χ0n) is 29.6. The van der Waals surface area contributed by atoms with Crippen molar-refractivity contribution in [3.8, 4) is 11.2 Å². The highest BCUT2D eigenvalue weighted by atomic mass is 32.3. The quantitative estimate of drug-likeness (QED) is 0.0627. The molecular formula is C34H62N5O4PS2. The predicted molar refractivity (Wildman–Crippen MR) is 200 cm³/mol. The first kappa shape index (κ1) is 40.9. The average Bonchev–Trinajstić information content (AvgIpc) is 3.40. The van der Waals surface area contributed by atoms with Gasteiger partial charge in [0.25, 0.3) is 0 Å². The van der Waals surface area contributed by atoms with Crippen molar-refractivity contribution in [2.45, 2.75) is 147 Å². The fourth-order valence-electron chi connectivity index (χ4n) is 5.96. The van der Waals surface area contributed by atoms with Crippen molar-refractivity contribution in [1.82, 2.24) is 19.5 Å². The lowest BCUT2D eigenvalue weighted by atomic mass is 10.1. The van der Waals surface area contributed by atoms with Gasteiger partial charge < -0.3 is 24.5 Å². The van der Waals surface area contributed by atoms with Gasteiger partial charge in [-0.3, -0.25) is 4.57 Å². The van der Waals surface area contributed by atoms with Crippen molar-refractivity contribution in [2.24, 2.45) is 0 Å². The van der Waals surface area contributed by atoms with Gasteiger partial charge in [-0.05, 0) is 41.3 Å². The summed E-state index contributed by atoms with van der Waals surface area (Å²) in [7, 11) is -4.70. The Labute approximate surface area is 285 Å². The molecule has 0 radical (unpaired) electrons. The Morgan fingerprint density at radius 3 is 2.09 bits per heavy atom. The van der Waals surface area contributed by atoms with Crippen LogP contribution in [0.25, 0.3) is 11.2 Å². The number of nitrogen functional groups attached to an aromatic ring is 1. The van der Waals surface area contributed by atoms with Crippen molar-refractivity contribution >= 4 is 46.4 Å². The maximum atomic E-state index is 12.4. The van der Waals surface area contributed by atoms with Crippen molar-refractivity contribution in [3.63, 3.8) is 0 Å². The summed E-state index contributed by atoms with van der Waals surface area (Å²) in [6, 6.07) is 0. The number of fused-ring (bicyclic) bond motifs is 1. The molecule has 0 saturated carbocycles. The highest BCUT2D eigenvalue weighted by Crippen LogP contribution is 2.59. The summed E-state index contributed by atoms with van der Waals surface area (Å²) in [6.07, 6.45) is 16.3. The van der Waals surface area contributed by atoms with Crippen LogP contribution >= 0.6 is 29.4 Å². The van der Waals surface area contributed by atoms with E-state index in [1.165, 1.54) is 70.5 Å². The van der Waals surface area contributed by atoms with Crippen LogP contribution in [0.5, 0.6) is 0 Å². The fourth-order valence-corrected chi connectivity index (χ4v) is 12.1. The Kier molecular flexibility index (Phi) is 19.2. The van der Waals surface area contributed by atoms with E-state index in [0.29, 0.717) is 45.0 Å². The van der Waals surface area contributed by atoms with Gasteiger partial charge in [-0.1, -0.05) is 104 Å². The molecule has 2 aromatic rings. The first-order valence-electron chi connectivity index (χ1n) is 17.3. The molecule has 2 aromatic heterocycles. The Balaban J connectivity index is 1.41. The number of unbranched alkanes of at least 4 members (excludes halogenated alkanes) is 10. The third-order valence-corrected chi connectivity index (χ3v) is 15.6. The van der Waals surface area contributed by atoms with Gasteiger partial charge >= 0.3 is 7.60 Å². The molecule has 2 atom stereocenters. The average molecular weight is 700 g/mol. The number of anilines is 1. The minimum atomic E-state index is -3.81. The third-order valence-electron chi connectivity index (χ3n) is 8.36. The van der Waals surface area contributed by atoms with E-state index in [1.807, 2.05) is 6.92 Å². The second-order valence-corrected chi connectivity index (χ2v) is 20.6. The molecule has 2 rings (SSSR count). The lowest BCUT2D eigenvalue weighted by molar-refractivity contribution is 0.0724. The first-order chi connectivity index (χ1) is 21.9. The normalized spacial score (nSPS) is 14.6. The summed E-state index contributed by atoms with van der Waals surface area (Å²) < 4.78 is 25.0. The first-order valence-corrected chi connectivity index (χ1v) is 22.0. The monoisotopic (exact) mass is 699 g/mol. The van der Waals surface area contributed by atoms with Gasteiger partial charge in [0.2, 0.25) is 0 Å². The Hall–Kier alpha value is -1.28. The van der Waals surface area contributed by atoms with Gasteiger partial charge in [-0.2, -0.15) is 21.8 Å². The van der Waals surface area contributed by atoms with E-state index < -0.39 is 17.6 Å². The molecule has 0 aliphatic rings. The number of rotatable bonds is 24. The topological polar surface area (TPSA) is 125 Å². The highest BCUT2D eigenvalue weighted by molar-refractivity contribution is 8.38. The van der Waals surface area contributed by atoms with Gasteiger partial charge in [-0.25, -0.2) is 15.0 Å². The Morgan fingerprint density at radius 2 is 1.48 bits per heavy atom. The van der Waals surface area contributed by atoms with E-state index in [-0.39, 0.29) is 19.1 Å². The molecular weight excluding hydrogens is 638 g/mol. The number of hydrogen-bond acceptors (Lipinski definition) is 8. The maximum Gasteiger partial charge on any atom is 0.353 e. The summed E-state index contributed by atoms with van der Waals surface area (Å²) in [5.74, 6) is 5.65. The van der Waals surface area contributed by atoms with Crippen LogP contribution in [0.15, 0.2) is 12.7 Å². The minimum Gasteiger partial charge on any atom is -0.382 e. The predicted octanol–water partition coefficient (Wildman–Crippen LogP) is 8.99. The van der Waals surface area contributed by atoms with E-state index in [4.69, 9.17) is 15.0 Å². The zero-order valence-corrected chi connectivity index (χ0v) is 32.1. The van der Waals surface area contributed by atoms with Crippen LogP contribution < -0.4 is 5.73 Å². The third kappa shape index (κ3) is 14.1. The van der Waals surface area contributed by atoms with E-state index in [2.05, 4.69) is 67.7 Å². The van der Waals surface area contributed by atoms with Crippen LogP contribution in [0.2, 0.25) is 0 Å². The SMILES string of the molecule is CC(C)S(C#CCCCCCCCCCCCCSCCOP(=O)(O)CO[C@H](C)Cn1cnc2c(N)ncnc21)(C(C)C)C(C)C. The number of hydrogen-bond donors (Lipinski definition) is 2. The van der Waals surface area contributed by atoms with Crippen molar-refractivity contribution in [2.75, 3.05) is 30.2 Å². The molecule has 0 bridgehead atoms. The number of ether oxygens (including phenoxy) is 1. The van der Waals surface area contributed by atoms with Crippen LogP contribution in [-0.2, 0) is 20.4 Å². The summed E-state index contributed by atoms with van der Waals surface area (Å²) in [6.45, 7) is 16.6. The number of aromatic nitrogens is 4. The van der Waals surface area contributed by atoms with Crippen LogP contribution in [0, 0.1) is 11.2 Å². The Bertz CT molecular complexity index is 1230. The van der Waals surface area contributed by atoms with E-state index in [9.17, 15) is 9.46 Å². The highest BCUT2D eigenvalue weighted by Gasteiger charge is 2.32. The molecule has 1 unspecified atom stereocenters.